The maximum atomic E-state index is 13.1. The van der Waals surface area contributed by atoms with Gasteiger partial charge < -0.3 is 10.1 Å². The second-order valence-electron chi connectivity index (χ2n) is 5.41. The van der Waals surface area contributed by atoms with E-state index in [0.717, 1.165) is 12.1 Å². The van der Waals surface area contributed by atoms with Gasteiger partial charge in [-0.1, -0.05) is 42.5 Å². The van der Waals surface area contributed by atoms with E-state index in [4.69, 9.17) is 4.74 Å². The fourth-order valence-electron chi connectivity index (χ4n) is 2.39. The van der Waals surface area contributed by atoms with Crippen molar-refractivity contribution in [3.8, 4) is 11.5 Å². The molecule has 0 aromatic heterocycles. The smallest absolute Gasteiger partial charge is 0.417 e. The Kier molecular flexibility index (Phi) is 4.93. The molecule has 0 atom stereocenters. The summed E-state index contributed by atoms with van der Waals surface area (Å²) in [6.07, 6.45) is -4.62. The van der Waals surface area contributed by atoms with Crippen LogP contribution in [0.3, 0.4) is 0 Å². The van der Waals surface area contributed by atoms with Gasteiger partial charge in [0.1, 0.15) is 5.75 Å². The van der Waals surface area contributed by atoms with Crippen LogP contribution in [0.25, 0.3) is 0 Å². The van der Waals surface area contributed by atoms with E-state index in [9.17, 15) is 18.0 Å². The predicted octanol–water partition coefficient (Wildman–Crippen LogP) is 5.75. The number of carbonyl (C=O) groups is 1. The number of hydrogen-bond donors (Lipinski definition) is 1. The largest absolute Gasteiger partial charge is 0.455 e. The molecule has 1 amide bonds. The fourth-order valence-corrected chi connectivity index (χ4v) is 2.39. The number of ether oxygens (including phenoxy) is 1. The summed E-state index contributed by atoms with van der Waals surface area (Å²) in [7, 11) is 0. The zero-order valence-corrected chi connectivity index (χ0v) is 13.5. The van der Waals surface area contributed by atoms with Gasteiger partial charge in [-0.2, -0.15) is 13.2 Å². The van der Waals surface area contributed by atoms with Crippen LogP contribution < -0.4 is 10.1 Å². The monoisotopic (exact) mass is 357 g/mol. The molecule has 1 N–H and O–H groups in total. The normalized spacial score (nSPS) is 11.0. The SMILES string of the molecule is O=C(Nc1ccccc1Oc1ccccc1)c1ccccc1C(F)(F)F. The fraction of sp³-hybridized carbons (Fsp3) is 0.0500. The van der Waals surface area contributed by atoms with Crippen LogP contribution in [0.15, 0.2) is 78.9 Å². The molecule has 0 heterocycles. The molecular formula is C20H14F3NO2. The van der Waals surface area contributed by atoms with Gasteiger partial charge in [0.05, 0.1) is 16.8 Å². The van der Waals surface area contributed by atoms with Gasteiger partial charge in [0.25, 0.3) is 5.91 Å². The van der Waals surface area contributed by atoms with Crippen LogP contribution in [0, 0.1) is 0 Å². The van der Waals surface area contributed by atoms with Crippen LogP contribution in [0.2, 0.25) is 0 Å². The van der Waals surface area contributed by atoms with E-state index in [2.05, 4.69) is 5.32 Å². The van der Waals surface area contributed by atoms with Crippen molar-refractivity contribution in [2.24, 2.45) is 0 Å². The first-order valence-corrected chi connectivity index (χ1v) is 7.74. The number of rotatable bonds is 4. The lowest BCUT2D eigenvalue weighted by Crippen LogP contribution is -2.18. The van der Waals surface area contributed by atoms with Crippen molar-refractivity contribution in [1.82, 2.24) is 0 Å². The summed E-state index contributed by atoms with van der Waals surface area (Å²) >= 11 is 0. The van der Waals surface area contributed by atoms with Crippen LogP contribution >= 0.6 is 0 Å². The quantitative estimate of drug-likeness (QED) is 0.646. The Labute approximate surface area is 148 Å². The minimum atomic E-state index is -4.62. The van der Waals surface area contributed by atoms with Crippen molar-refractivity contribution < 1.29 is 22.7 Å². The van der Waals surface area contributed by atoms with Crippen LogP contribution in [0.5, 0.6) is 11.5 Å². The third kappa shape index (κ3) is 4.03. The molecule has 0 bridgehead atoms. The van der Waals surface area contributed by atoms with Gasteiger partial charge >= 0.3 is 6.18 Å². The first kappa shape index (κ1) is 17.5. The van der Waals surface area contributed by atoms with Crippen LogP contribution in [-0.4, -0.2) is 5.91 Å². The summed E-state index contributed by atoms with van der Waals surface area (Å²) < 4.78 is 45.0. The Balaban J connectivity index is 1.88. The zero-order valence-electron chi connectivity index (χ0n) is 13.5. The summed E-state index contributed by atoms with van der Waals surface area (Å²) in [4.78, 5) is 12.4. The zero-order chi connectivity index (χ0) is 18.6. The van der Waals surface area contributed by atoms with Gasteiger partial charge in [-0.25, -0.2) is 0 Å². The van der Waals surface area contributed by atoms with Crippen molar-refractivity contribution in [1.29, 1.82) is 0 Å². The molecule has 3 aromatic carbocycles. The first-order chi connectivity index (χ1) is 12.4. The Morgan fingerprint density at radius 2 is 1.42 bits per heavy atom. The lowest BCUT2D eigenvalue weighted by atomic mass is 10.1. The maximum Gasteiger partial charge on any atom is 0.417 e. The Hall–Kier alpha value is -3.28. The van der Waals surface area contributed by atoms with Gasteiger partial charge in [-0.05, 0) is 36.4 Å². The topological polar surface area (TPSA) is 38.3 Å². The molecule has 0 unspecified atom stereocenters. The van der Waals surface area contributed by atoms with Crippen LogP contribution in [0.4, 0.5) is 18.9 Å². The number of amides is 1. The van der Waals surface area contributed by atoms with E-state index < -0.39 is 23.2 Å². The molecule has 0 spiro atoms. The second-order valence-corrected chi connectivity index (χ2v) is 5.41. The number of alkyl halides is 3. The molecule has 132 valence electrons. The van der Waals surface area contributed by atoms with E-state index >= 15 is 0 Å². The third-order valence-corrected chi connectivity index (χ3v) is 3.58. The number of nitrogens with one attached hydrogen (secondary N) is 1. The molecule has 3 aromatic rings. The highest BCUT2D eigenvalue weighted by atomic mass is 19.4. The molecule has 0 fully saturated rings. The van der Waals surface area contributed by atoms with Gasteiger partial charge in [-0.15, -0.1) is 0 Å². The molecule has 3 rings (SSSR count). The van der Waals surface area contributed by atoms with E-state index in [1.54, 1.807) is 48.5 Å². The summed E-state index contributed by atoms with van der Waals surface area (Å²) in [5.74, 6) is 0.0171. The molecule has 0 saturated carbocycles. The average molecular weight is 357 g/mol. The molecule has 0 aliphatic rings. The van der Waals surface area contributed by atoms with Crippen molar-refractivity contribution >= 4 is 11.6 Å². The standard InChI is InChI=1S/C20H14F3NO2/c21-20(22,23)16-11-5-4-10-15(16)19(25)24-17-12-6-7-13-18(17)26-14-8-2-1-3-9-14/h1-13H,(H,24,25). The summed E-state index contributed by atoms with van der Waals surface area (Å²) in [6.45, 7) is 0. The van der Waals surface area contributed by atoms with Crippen LogP contribution in [-0.2, 0) is 6.18 Å². The van der Waals surface area contributed by atoms with Crippen molar-refractivity contribution in [3.05, 3.63) is 90.0 Å². The summed E-state index contributed by atoms with van der Waals surface area (Å²) in [5.41, 5.74) is -1.16. The van der Waals surface area contributed by atoms with E-state index in [0.29, 0.717) is 11.5 Å². The number of carbonyl (C=O) groups excluding carboxylic acids is 1. The third-order valence-electron chi connectivity index (χ3n) is 3.58. The minimum absolute atomic E-state index is 0.276. The molecule has 0 saturated heterocycles. The number of benzene rings is 3. The molecule has 0 aliphatic heterocycles. The molecule has 0 radical (unpaired) electrons. The van der Waals surface area contributed by atoms with E-state index in [-0.39, 0.29) is 5.69 Å². The molecular weight excluding hydrogens is 343 g/mol. The molecule has 6 heteroatoms. The van der Waals surface area contributed by atoms with Gasteiger partial charge in [-0.3, -0.25) is 4.79 Å². The molecule has 26 heavy (non-hydrogen) atoms. The Morgan fingerprint density at radius 1 is 0.808 bits per heavy atom. The predicted molar refractivity (Wildman–Crippen MR) is 92.4 cm³/mol. The van der Waals surface area contributed by atoms with E-state index in [1.165, 1.54) is 12.1 Å². The Bertz CT molecular complexity index is 908. The van der Waals surface area contributed by atoms with Gasteiger partial charge in [0, 0.05) is 0 Å². The first-order valence-electron chi connectivity index (χ1n) is 7.74. The maximum absolute atomic E-state index is 13.1. The highest BCUT2D eigenvalue weighted by molar-refractivity contribution is 6.06. The number of anilines is 1. The summed E-state index contributed by atoms with van der Waals surface area (Å²) in [6, 6.07) is 20.1. The van der Waals surface area contributed by atoms with Crippen molar-refractivity contribution in [2.45, 2.75) is 6.18 Å². The van der Waals surface area contributed by atoms with Crippen molar-refractivity contribution in [3.63, 3.8) is 0 Å². The van der Waals surface area contributed by atoms with Gasteiger partial charge in [0.15, 0.2) is 5.75 Å². The Morgan fingerprint density at radius 3 is 2.15 bits per heavy atom. The van der Waals surface area contributed by atoms with E-state index in [1.807, 2.05) is 6.07 Å². The lowest BCUT2D eigenvalue weighted by Gasteiger charge is -2.15. The molecule has 3 nitrogen and oxygen atoms in total. The lowest BCUT2D eigenvalue weighted by molar-refractivity contribution is -0.137. The second kappa shape index (κ2) is 7.31. The summed E-state index contributed by atoms with van der Waals surface area (Å²) in [5, 5.41) is 2.50. The highest BCUT2D eigenvalue weighted by Gasteiger charge is 2.34. The minimum Gasteiger partial charge on any atom is -0.455 e. The number of halogens is 3. The van der Waals surface area contributed by atoms with Crippen molar-refractivity contribution in [2.75, 3.05) is 5.32 Å². The molecule has 0 aliphatic carbocycles. The highest BCUT2D eigenvalue weighted by Crippen LogP contribution is 2.33. The van der Waals surface area contributed by atoms with Gasteiger partial charge in [0.2, 0.25) is 0 Å². The average Bonchev–Trinajstić information content (AvgIpc) is 2.63. The van der Waals surface area contributed by atoms with Crippen LogP contribution in [0.1, 0.15) is 15.9 Å². The number of hydrogen-bond acceptors (Lipinski definition) is 2. The number of para-hydroxylation sites is 3.